The van der Waals surface area contributed by atoms with E-state index in [1.807, 2.05) is 31.2 Å². The van der Waals surface area contributed by atoms with Crippen LogP contribution < -0.4 is 15.5 Å². The van der Waals surface area contributed by atoms with Crippen molar-refractivity contribution < 1.29 is 4.79 Å². The third-order valence-electron chi connectivity index (χ3n) is 4.33. The van der Waals surface area contributed by atoms with Crippen molar-refractivity contribution in [3.8, 4) is 0 Å². The second-order valence-corrected chi connectivity index (χ2v) is 5.99. The highest BCUT2D eigenvalue weighted by molar-refractivity contribution is 5.98. The van der Waals surface area contributed by atoms with Gasteiger partial charge in [0.25, 0.3) is 5.91 Å². The lowest BCUT2D eigenvalue weighted by atomic mass is 10.1. The van der Waals surface area contributed by atoms with E-state index < -0.39 is 0 Å². The first kappa shape index (κ1) is 17.0. The molecule has 1 amide bonds. The number of amides is 1. The van der Waals surface area contributed by atoms with Crippen LogP contribution in [0.5, 0.6) is 0 Å². The average molecular weight is 336 g/mol. The van der Waals surface area contributed by atoms with E-state index in [2.05, 4.69) is 44.8 Å². The Morgan fingerprint density at radius 2 is 2.00 bits per heavy atom. The van der Waals surface area contributed by atoms with Gasteiger partial charge in [-0.05, 0) is 42.7 Å². The first-order valence-corrected chi connectivity index (χ1v) is 8.66. The maximum atomic E-state index is 12.0. The van der Waals surface area contributed by atoms with E-state index in [4.69, 9.17) is 0 Å². The molecule has 2 aromatic carbocycles. The van der Waals surface area contributed by atoms with Crippen LogP contribution in [0.1, 0.15) is 28.4 Å². The quantitative estimate of drug-likeness (QED) is 0.666. The molecule has 2 aromatic rings. The van der Waals surface area contributed by atoms with Crippen LogP contribution in [0, 0.1) is 0 Å². The second kappa shape index (κ2) is 7.83. The predicted molar refractivity (Wildman–Crippen MR) is 102 cm³/mol. The molecular weight excluding hydrogens is 312 g/mol. The number of para-hydroxylation sites is 1. The van der Waals surface area contributed by atoms with Crippen molar-refractivity contribution in [1.29, 1.82) is 0 Å². The van der Waals surface area contributed by atoms with Crippen LogP contribution in [0.3, 0.4) is 0 Å². The van der Waals surface area contributed by atoms with Crippen molar-refractivity contribution in [3.63, 3.8) is 0 Å². The Labute approximate surface area is 148 Å². The number of carbonyl (C=O) groups excluding carboxylic acids is 1. The molecule has 1 heterocycles. The Hall–Kier alpha value is -2.82. The second-order valence-electron chi connectivity index (χ2n) is 5.99. The SMILES string of the molecule is CCNC(=O)c1cccc(CNC(=NC)N2CCc3ccccc32)c1. The Morgan fingerprint density at radius 3 is 2.80 bits per heavy atom. The molecule has 0 saturated carbocycles. The molecule has 0 fully saturated rings. The largest absolute Gasteiger partial charge is 0.352 e. The topological polar surface area (TPSA) is 56.7 Å². The van der Waals surface area contributed by atoms with Gasteiger partial charge >= 0.3 is 0 Å². The zero-order chi connectivity index (χ0) is 17.6. The third-order valence-corrected chi connectivity index (χ3v) is 4.33. The minimum atomic E-state index is -0.0396. The van der Waals surface area contributed by atoms with E-state index in [1.165, 1.54) is 11.3 Å². The van der Waals surface area contributed by atoms with Gasteiger partial charge in [0.1, 0.15) is 0 Å². The Morgan fingerprint density at radius 1 is 1.16 bits per heavy atom. The molecule has 0 radical (unpaired) electrons. The number of hydrogen-bond acceptors (Lipinski definition) is 2. The maximum absolute atomic E-state index is 12.0. The summed E-state index contributed by atoms with van der Waals surface area (Å²) >= 11 is 0. The van der Waals surface area contributed by atoms with Crippen molar-refractivity contribution in [2.24, 2.45) is 4.99 Å². The van der Waals surface area contributed by atoms with Gasteiger partial charge in [-0.25, -0.2) is 0 Å². The van der Waals surface area contributed by atoms with Crippen LogP contribution in [0.4, 0.5) is 5.69 Å². The summed E-state index contributed by atoms with van der Waals surface area (Å²) in [7, 11) is 1.80. The van der Waals surface area contributed by atoms with Crippen molar-refractivity contribution in [2.45, 2.75) is 19.9 Å². The zero-order valence-corrected chi connectivity index (χ0v) is 14.7. The molecule has 130 valence electrons. The summed E-state index contributed by atoms with van der Waals surface area (Å²) in [5.74, 6) is 0.815. The minimum absolute atomic E-state index is 0.0396. The normalized spacial score (nSPS) is 13.5. The number of carbonyl (C=O) groups is 1. The van der Waals surface area contributed by atoms with Crippen LogP contribution in [0.2, 0.25) is 0 Å². The fraction of sp³-hybridized carbons (Fsp3) is 0.300. The lowest BCUT2D eigenvalue weighted by Crippen LogP contribution is -2.40. The summed E-state index contributed by atoms with van der Waals surface area (Å²) in [5, 5.41) is 6.24. The van der Waals surface area contributed by atoms with Gasteiger partial charge in [-0.1, -0.05) is 30.3 Å². The number of guanidine groups is 1. The van der Waals surface area contributed by atoms with Gasteiger partial charge in [0.2, 0.25) is 0 Å². The lowest BCUT2D eigenvalue weighted by Gasteiger charge is -2.22. The summed E-state index contributed by atoms with van der Waals surface area (Å²) < 4.78 is 0. The van der Waals surface area contributed by atoms with E-state index >= 15 is 0 Å². The molecular formula is C20H24N4O. The van der Waals surface area contributed by atoms with Crippen LogP contribution >= 0.6 is 0 Å². The molecule has 0 atom stereocenters. The van der Waals surface area contributed by atoms with E-state index in [-0.39, 0.29) is 5.91 Å². The van der Waals surface area contributed by atoms with Gasteiger partial charge in [0.15, 0.2) is 5.96 Å². The molecule has 5 nitrogen and oxygen atoms in total. The molecule has 3 rings (SSSR count). The van der Waals surface area contributed by atoms with Gasteiger partial charge in [-0.3, -0.25) is 9.79 Å². The lowest BCUT2D eigenvalue weighted by molar-refractivity contribution is 0.0955. The molecule has 1 aliphatic rings. The number of nitrogens with one attached hydrogen (secondary N) is 2. The van der Waals surface area contributed by atoms with Crippen molar-refractivity contribution >= 4 is 17.6 Å². The van der Waals surface area contributed by atoms with Gasteiger partial charge in [0.05, 0.1) is 0 Å². The van der Waals surface area contributed by atoms with Crippen LogP contribution in [-0.4, -0.2) is 32.0 Å². The van der Waals surface area contributed by atoms with Crippen LogP contribution in [0.25, 0.3) is 0 Å². The van der Waals surface area contributed by atoms with E-state index in [1.54, 1.807) is 7.05 Å². The molecule has 0 saturated heterocycles. The highest BCUT2D eigenvalue weighted by Gasteiger charge is 2.22. The molecule has 25 heavy (non-hydrogen) atoms. The summed E-state index contributed by atoms with van der Waals surface area (Å²) in [4.78, 5) is 18.6. The number of hydrogen-bond donors (Lipinski definition) is 2. The summed E-state index contributed by atoms with van der Waals surface area (Å²) in [5.41, 5.74) is 4.30. The molecule has 0 unspecified atom stereocenters. The average Bonchev–Trinajstić information content (AvgIpc) is 3.07. The highest BCUT2D eigenvalue weighted by Crippen LogP contribution is 2.27. The van der Waals surface area contributed by atoms with Gasteiger partial charge < -0.3 is 15.5 Å². The van der Waals surface area contributed by atoms with Crippen LogP contribution in [0.15, 0.2) is 53.5 Å². The molecule has 0 spiro atoms. The van der Waals surface area contributed by atoms with Crippen molar-refractivity contribution in [3.05, 3.63) is 65.2 Å². The zero-order valence-electron chi connectivity index (χ0n) is 14.7. The predicted octanol–water partition coefficient (Wildman–Crippen LogP) is 2.57. The van der Waals surface area contributed by atoms with E-state index in [0.717, 1.165) is 24.5 Å². The van der Waals surface area contributed by atoms with Gasteiger partial charge in [0, 0.05) is 37.9 Å². The van der Waals surface area contributed by atoms with Gasteiger partial charge in [-0.2, -0.15) is 0 Å². The Balaban J connectivity index is 1.69. The van der Waals surface area contributed by atoms with Crippen LogP contribution in [-0.2, 0) is 13.0 Å². The molecule has 5 heteroatoms. The fourth-order valence-corrected chi connectivity index (χ4v) is 3.12. The smallest absolute Gasteiger partial charge is 0.251 e. The Kier molecular flexibility index (Phi) is 5.33. The molecule has 2 N–H and O–H groups in total. The monoisotopic (exact) mass is 336 g/mol. The van der Waals surface area contributed by atoms with E-state index in [0.29, 0.717) is 18.7 Å². The summed E-state index contributed by atoms with van der Waals surface area (Å²) in [6.45, 7) is 4.10. The Bertz CT molecular complexity index is 785. The summed E-state index contributed by atoms with van der Waals surface area (Å²) in [6.07, 6.45) is 1.03. The molecule has 0 aliphatic carbocycles. The molecule has 0 aromatic heterocycles. The maximum Gasteiger partial charge on any atom is 0.251 e. The number of anilines is 1. The first-order chi connectivity index (χ1) is 12.2. The number of nitrogens with zero attached hydrogens (tertiary/aromatic N) is 2. The summed E-state index contributed by atoms with van der Waals surface area (Å²) in [6, 6.07) is 16.1. The fourth-order valence-electron chi connectivity index (χ4n) is 3.12. The number of rotatable bonds is 4. The molecule has 0 bridgehead atoms. The van der Waals surface area contributed by atoms with Gasteiger partial charge in [-0.15, -0.1) is 0 Å². The molecule has 1 aliphatic heterocycles. The number of aliphatic imine (C=N–C) groups is 1. The number of fused-ring (bicyclic) bond motifs is 1. The minimum Gasteiger partial charge on any atom is -0.352 e. The standard InChI is InChI=1S/C20H24N4O/c1-3-22-19(25)17-9-6-7-15(13-17)14-23-20(21-2)24-12-11-16-8-4-5-10-18(16)24/h4-10,13H,3,11-12,14H2,1-2H3,(H,21,23)(H,22,25). The van der Waals surface area contributed by atoms with E-state index in [9.17, 15) is 4.79 Å². The van der Waals surface area contributed by atoms with Crippen molar-refractivity contribution in [1.82, 2.24) is 10.6 Å². The highest BCUT2D eigenvalue weighted by atomic mass is 16.1. The first-order valence-electron chi connectivity index (χ1n) is 8.66. The number of benzene rings is 2. The third kappa shape index (κ3) is 3.82. The van der Waals surface area contributed by atoms with Crippen molar-refractivity contribution in [2.75, 3.05) is 25.0 Å².